The third-order valence-corrected chi connectivity index (χ3v) is 12.4. The maximum absolute atomic E-state index is 7.51. The molecule has 0 amide bonds. The highest BCUT2D eigenvalue weighted by Crippen LogP contribution is 2.55. The molecule has 0 spiro atoms. The van der Waals surface area contributed by atoms with E-state index < -0.39 is 0 Å². The summed E-state index contributed by atoms with van der Waals surface area (Å²) in [7, 11) is 0. The zero-order valence-corrected chi connectivity index (χ0v) is 32.9. The maximum Gasteiger partial charge on any atom is 0.297 e. The summed E-state index contributed by atoms with van der Waals surface area (Å²) in [6.45, 7) is 21.0. The van der Waals surface area contributed by atoms with Crippen molar-refractivity contribution in [3.8, 4) is 11.1 Å². The molecule has 2 aliphatic heterocycles. The molecule has 1 aliphatic carbocycles. The van der Waals surface area contributed by atoms with Crippen molar-refractivity contribution in [1.29, 1.82) is 0 Å². The first-order chi connectivity index (χ1) is 25.3. The highest BCUT2D eigenvalue weighted by Gasteiger charge is 2.52. The monoisotopic (exact) mass is 694 g/mol. The Hall–Kier alpha value is -4.96. The number of nitrogens with zero attached hydrogens (tertiary/aromatic N) is 2. The first-order valence-electron chi connectivity index (χ1n) is 19.6. The Balaban J connectivity index is 1.42. The molecule has 0 unspecified atom stereocenters. The molecule has 0 saturated carbocycles. The van der Waals surface area contributed by atoms with Crippen molar-refractivity contribution in [1.82, 2.24) is 0 Å². The van der Waals surface area contributed by atoms with Crippen molar-refractivity contribution in [3.63, 3.8) is 0 Å². The summed E-state index contributed by atoms with van der Waals surface area (Å²) in [5.74, 6) is 1.16. The van der Waals surface area contributed by atoms with Gasteiger partial charge in [-0.1, -0.05) is 128 Å². The number of anilines is 6. The van der Waals surface area contributed by atoms with Crippen LogP contribution in [-0.2, 0) is 22.7 Å². The molecule has 3 aliphatic rings. The molecule has 5 aromatic carbocycles. The van der Waals surface area contributed by atoms with Gasteiger partial charge in [0.1, 0.15) is 5.76 Å². The van der Waals surface area contributed by atoms with E-state index in [0.29, 0.717) is 0 Å². The minimum atomic E-state index is -0.0731. The second kappa shape index (κ2) is 11.8. The van der Waals surface area contributed by atoms with Crippen LogP contribution in [0.2, 0.25) is 0 Å². The van der Waals surface area contributed by atoms with E-state index >= 15 is 0 Å². The zero-order valence-electron chi connectivity index (χ0n) is 32.9. The second-order valence-electron chi connectivity index (χ2n) is 18.0. The lowest BCUT2D eigenvalue weighted by Gasteiger charge is -2.44. The van der Waals surface area contributed by atoms with Crippen molar-refractivity contribution >= 4 is 57.4 Å². The number of hydrogen-bond donors (Lipinski definition) is 0. The van der Waals surface area contributed by atoms with Gasteiger partial charge < -0.3 is 14.2 Å². The first-order valence-corrected chi connectivity index (χ1v) is 19.6. The molecule has 6 aromatic rings. The summed E-state index contributed by atoms with van der Waals surface area (Å²) in [5.41, 5.74) is 18.6. The van der Waals surface area contributed by atoms with E-state index in [1.165, 1.54) is 78.4 Å². The lowest BCUT2D eigenvalue weighted by Crippen LogP contribution is -2.61. The predicted octanol–water partition coefficient (Wildman–Crippen LogP) is 11.5. The van der Waals surface area contributed by atoms with Crippen LogP contribution in [0.25, 0.3) is 11.1 Å². The lowest BCUT2D eigenvalue weighted by molar-refractivity contribution is 0.282. The fourth-order valence-electron chi connectivity index (χ4n) is 9.32. The van der Waals surface area contributed by atoms with Crippen LogP contribution in [0.4, 0.5) is 34.1 Å². The Morgan fingerprint density at radius 1 is 0.698 bits per heavy atom. The van der Waals surface area contributed by atoms with E-state index in [2.05, 4.69) is 181 Å². The Bertz CT molecular complexity index is 2390. The summed E-state index contributed by atoms with van der Waals surface area (Å²) in [6, 6.07) is 41.1. The number of aryl methyl sites for hydroxylation is 2. The average Bonchev–Trinajstić information content (AvgIpc) is 3.56. The minimum Gasteiger partial charge on any atom is -0.472 e. The van der Waals surface area contributed by atoms with Gasteiger partial charge in [-0.25, -0.2) is 0 Å². The fraction of sp³-hybridized carbons (Fsp3) is 0.306. The van der Waals surface area contributed by atoms with E-state index in [9.17, 15) is 0 Å². The molecular formula is C49H51BN2O. The van der Waals surface area contributed by atoms with Gasteiger partial charge in [0, 0.05) is 39.3 Å². The van der Waals surface area contributed by atoms with Gasteiger partial charge in [-0.05, 0) is 107 Å². The number of furan rings is 1. The molecule has 0 fully saturated rings. The second-order valence-corrected chi connectivity index (χ2v) is 18.0. The van der Waals surface area contributed by atoms with E-state index in [-0.39, 0.29) is 23.0 Å². The van der Waals surface area contributed by atoms with E-state index in [1.807, 2.05) is 0 Å². The van der Waals surface area contributed by atoms with Gasteiger partial charge in [0.15, 0.2) is 0 Å². The molecule has 0 bridgehead atoms. The largest absolute Gasteiger partial charge is 0.472 e. The number of rotatable bonds is 4. The average molecular weight is 695 g/mol. The van der Waals surface area contributed by atoms with Gasteiger partial charge in [0.2, 0.25) is 0 Å². The third-order valence-electron chi connectivity index (χ3n) is 12.4. The molecule has 53 heavy (non-hydrogen) atoms. The molecule has 3 heterocycles. The number of hydrogen-bond acceptors (Lipinski definition) is 3. The van der Waals surface area contributed by atoms with Crippen LogP contribution in [0.3, 0.4) is 0 Å². The van der Waals surface area contributed by atoms with Crippen molar-refractivity contribution in [3.05, 3.63) is 137 Å². The Kier molecular flexibility index (Phi) is 7.52. The molecule has 0 saturated heterocycles. The van der Waals surface area contributed by atoms with Gasteiger partial charge in [0.05, 0.1) is 17.0 Å². The van der Waals surface area contributed by atoms with Crippen LogP contribution in [0.5, 0.6) is 0 Å². The third kappa shape index (κ3) is 5.16. The first kappa shape index (κ1) is 33.9. The molecule has 9 rings (SSSR count). The van der Waals surface area contributed by atoms with Crippen molar-refractivity contribution in [2.24, 2.45) is 0 Å². The Labute approximate surface area is 316 Å². The molecule has 1 aromatic heterocycles. The van der Waals surface area contributed by atoms with Crippen LogP contribution in [-0.4, -0.2) is 6.71 Å². The standard InChI is InChI=1S/C49H51BN2O/c1-10-32-20-23-35(24-21-32)51-40-28-31(2)29-41-43(40)50(46-44(51)42-45(53-46)49(8,9)27-26-48(42,6)7)37-30-34(47(3,4)5)22-25-39(37)52(41)38-19-15-14-18-36(38)33-16-12-11-13-17-33/h11-25,28-30H,10,26-27H2,1-9H3. The van der Waals surface area contributed by atoms with E-state index in [4.69, 9.17) is 4.42 Å². The predicted molar refractivity (Wildman–Crippen MR) is 226 cm³/mol. The van der Waals surface area contributed by atoms with Gasteiger partial charge in [-0.3, -0.25) is 0 Å². The molecule has 0 radical (unpaired) electrons. The molecular weight excluding hydrogens is 643 g/mol. The van der Waals surface area contributed by atoms with Crippen LogP contribution in [0, 0.1) is 6.92 Å². The summed E-state index contributed by atoms with van der Waals surface area (Å²) in [4.78, 5) is 5.12. The molecule has 3 nitrogen and oxygen atoms in total. The normalized spacial score (nSPS) is 16.5. The fourth-order valence-corrected chi connectivity index (χ4v) is 9.32. The molecule has 0 atom stereocenters. The SMILES string of the molecule is CCc1ccc(N2c3cc(C)cc4c3B(c3cc(C(C)(C)C)ccc3N4c3ccccc3-c3ccccc3)c3oc4c(c32)C(C)(C)CCC4(C)C)cc1. The van der Waals surface area contributed by atoms with E-state index in [1.54, 1.807) is 0 Å². The number of para-hydroxylation sites is 1. The smallest absolute Gasteiger partial charge is 0.297 e. The summed E-state index contributed by atoms with van der Waals surface area (Å²) in [6.07, 6.45) is 3.23. The van der Waals surface area contributed by atoms with Gasteiger partial charge in [-0.15, -0.1) is 0 Å². The van der Waals surface area contributed by atoms with Gasteiger partial charge >= 0.3 is 0 Å². The summed E-state index contributed by atoms with van der Waals surface area (Å²) < 4.78 is 7.51. The number of benzene rings is 5. The lowest BCUT2D eigenvalue weighted by atomic mass is 9.35. The molecule has 266 valence electrons. The Morgan fingerprint density at radius 2 is 1.36 bits per heavy atom. The van der Waals surface area contributed by atoms with Crippen LogP contribution in [0.1, 0.15) is 96.2 Å². The maximum atomic E-state index is 7.51. The topological polar surface area (TPSA) is 19.6 Å². The highest BCUT2D eigenvalue weighted by atomic mass is 16.3. The summed E-state index contributed by atoms with van der Waals surface area (Å²) in [5, 5.41) is 0. The highest BCUT2D eigenvalue weighted by molar-refractivity contribution is 6.99. The summed E-state index contributed by atoms with van der Waals surface area (Å²) >= 11 is 0. The van der Waals surface area contributed by atoms with Crippen molar-refractivity contribution < 1.29 is 4.42 Å². The quantitative estimate of drug-likeness (QED) is 0.171. The Morgan fingerprint density at radius 3 is 2.06 bits per heavy atom. The van der Waals surface area contributed by atoms with Crippen LogP contribution >= 0.6 is 0 Å². The van der Waals surface area contributed by atoms with Crippen molar-refractivity contribution in [2.45, 2.75) is 97.8 Å². The number of fused-ring (bicyclic) bond motifs is 6. The van der Waals surface area contributed by atoms with Crippen LogP contribution in [0.15, 0.2) is 114 Å². The minimum absolute atomic E-state index is 0.0187. The molecule has 4 heteroatoms. The van der Waals surface area contributed by atoms with E-state index in [0.717, 1.165) is 30.7 Å². The van der Waals surface area contributed by atoms with Crippen LogP contribution < -0.4 is 26.4 Å². The van der Waals surface area contributed by atoms with Gasteiger partial charge in [-0.2, -0.15) is 0 Å². The zero-order chi connectivity index (χ0) is 37.0. The van der Waals surface area contributed by atoms with Crippen molar-refractivity contribution in [2.75, 3.05) is 9.80 Å². The van der Waals surface area contributed by atoms with Gasteiger partial charge in [0.25, 0.3) is 6.71 Å². The molecule has 0 N–H and O–H groups in total.